The van der Waals surface area contributed by atoms with Crippen LogP contribution in [0.15, 0.2) is 41.7 Å². The van der Waals surface area contributed by atoms with Gasteiger partial charge >= 0.3 is 0 Å². The standard InChI is InChI=1S/C27H36N4O4/c32-25-23(26(33)29-15-12-20-10-13-28-14-11-20)18-31(17-22-9-6-16-35-22)19-24(25)27(34)30-21-7-4-2-1-3-5-8-21/h10-11,13-14,18-19,21-22H,1-9,12,15-17H2,(H,29,33)(H,30,34). The van der Waals surface area contributed by atoms with Crippen LogP contribution >= 0.6 is 0 Å². The maximum atomic E-state index is 13.3. The Balaban J connectivity index is 1.51. The minimum Gasteiger partial charge on any atom is -0.376 e. The van der Waals surface area contributed by atoms with E-state index in [0.29, 0.717) is 26.1 Å². The van der Waals surface area contributed by atoms with E-state index in [1.54, 1.807) is 29.4 Å². The Morgan fingerprint density at radius 2 is 1.63 bits per heavy atom. The highest BCUT2D eigenvalue weighted by Crippen LogP contribution is 2.18. The van der Waals surface area contributed by atoms with Crippen molar-refractivity contribution < 1.29 is 14.3 Å². The fourth-order valence-corrected chi connectivity index (χ4v) is 4.91. The molecule has 2 amide bonds. The lowest BCUT2D eigenvalue weighted by atomic mass is 9.96. The molecule has 0 bridgehead atoms. The number of aromatic nitrogens is 2. The molecular weight excluding hydrogens is 444 g/mol. The monoisotopic (exact) mass is 480 g/mol. The molecule has 4 rings (SSSR count). The molecule has 188 valence electrons. The highest BCUT2D eigenvalue weighted by Gasteiger charge is 2.23. The van der Waals surface area contributed by atoms with E-state index >= 15 is 0 Å². The average Bonchev–Trinajstić information content (AvgIpc) is 3.35. The molecule has 0 spiro atoms. The Labute approximate surface area is 206 Å². The van der Waals surface area contributed by atoms with Crippen molar-refractivity contribution in [3.05, 3.63) is 63.8 Å². The van der Waals surface area contributed by atoms with Crippen molar-refractivity contribution in [1.82, 2.24) is 20.2 Å². The van der Waals surface area contributed by atoms with Crippen LogP contribution in [0.3, 0.4) is 0 Å². The number of amides is 2. The smallest absolute Gasteiger partial charge is 0.256 e. The Hall–Kier alpha value is -3.00. The summed E-state index contributed by atoms with van der Waals surface area (Å²) in [5, 5.41) is 5.91. The fraction of sp³-hybridized carbons (Fsp3) is 0.556. The molecular formula is C27H36N4O4. The van der Waals surface area contributed by atoms with Crippen LogP contribution < -0.4 is 16.1 Å². The topological polar surface area (TPSA) is 102 Å². The lowest BCUT2D eigenvalue weighted by Gasteiger charge is -2.21. The average molecular weight is 481 g/mol. The Bertz CT molecular complexity index is 1040. The van der Waals surface area contributed by atoms with Gasteiger partial charge < -0.3 is 19.9 Å². The molecule has 2 aliphatic rings. The van der Waals surface area contributed by atoms with Crippen molar-refractivity contribution in [3.63, 3.8) is 0 Å². The Morgan fingerprint density at radius 3 is 2.31 bits per heavy atom. The third kappa shape index (κ3) is 7.24. The SMILES string of the molecule is O=C(NCCc1ccncc1)c1cn(CC2CCCO2)cc(C(=O)NC2CCCCCCC2)c1=O. The quantitative estimate of drug-likeness (QED) is 0.604. The molecule has 35 heavy (non-hydrogen) atoms. The Morgan fingerprint density at radius 1 is 0.943 bits per heavy atom. The first-order chi connectivity index (χ1) is 17.1. The van der Waals surface area contributed by atoms with Crippen molar-refractivity contribution in [2.45, 2.75) is 82.9 Å². The number of carbonyl (C=O) groups excluding carboxylic acids is 2. The maximum absolute atomic E-state index is 13.3. The molecule has 0 aromatic carbocycles. The summed E-state index contributed by atoms with van der Waals surface area (Å²) in [6.07, 6.45) is 16.7. The van der Waals surface area contributed by atoms with E-state index in [9.17, 15) is 14.4 Å². The summed E-state index contributed by atoms with van der Waals surface area (Å²) < 4.78 is 7.51. The number of ether oxygens (including phenoxy) is 1. The van der Waals surface area contributed by atoms with Crippen LogP contribution in [-0.4, -0.2) is 46.7 Å². The van der Waals surface area contributed by atoms with Crippen LogP contribution in [-0.2, 0) is 17.7 Å². The zero-order chi connectivity index (χ0) is 24.5. The molecule has 8 heteroatoms. The number of nitrogens with one attached hydrogen (secondary N) is 2. The summed E-state index contributed by atoms with van der Waals surface area (Å²) in [6, 6.07) is 3.84. The van der Waals surface area contributed by atoms with Crippen LogP contribution in [0.2, 0.25) is 0 Å². The zero-order valence-corrected chi connectivity index (χ0v) is 20.3. The number of carbonyl (C=O) groups is 2. The van der Waals surface area contributed by atoms with Gasteiger partial charge in [-0.05, 0) is 49.8 Å². The highest BCUT2D eigenvalue weighted by molar-refractivity contribution is 5.99. The predicted octanol–water partition coefficient (Wildman–Crippen LogP) is 3.24. The number of pyridine rings is 2. The van der Waals surface area contributed by atoms with Crippen molar-refractivity contribution in [2.75, 3.05) is 13.2 Å². The molecule has 8 nitrogen and oxygen atoms in total. The van der Waals surface area contributed by atoms with Gasteiger partial charge in [0, 0.05) is 50.5 Å². The van der Waals surface area contributed by atoms with Crippen LogP contribution in [0.4, 0.5) is 0 Å². The maximum Gasteiger partial charge on any atom is 0.256 e. The molecule has 1 saturated heterocycles. The van der Waals surface area contributed by atoms with E-state index < -0.39 is 17.2 Å². The van der Waals surface area contributed by atoms with Crippen LogP contribution in [0.25, 0.3) is 0 Å². The van der Waals surface area contributed by atoms with Gasteiger partial charge in [-0.1, -0.05) is 32.1 Å². The largest absolute Gasteiger partial charge is 0.376 e. The summed E-state index contributed by atoms with van der Waals surface area (Å²) in [5.74, 6) is -0.862. The van der Waals surface area contributed by atoms with E-state index in [1.807, 2.05) is 12.1 Å². The van der Waals surface area contributed by atoms with E-state index in [1.165, 1.54) is 19.3 Å². The van der Waals surface area contributed by atoms with Crippen LogP contribution in [0.1, 0.15) is 84.1 Å². The van der Waals surface area contributed by atoms with Gasteiger partial charge in [-0.3, -0.25) is 19.4 Å². The molecule has 1 aliphatic heterocycles. The van der Waals surface area contributed by atoms with Gasteiger partial charge in [0.15, 0.2) is 0 Å². The minimum absolute atomic E-state index is 0.0111. The molecule has 2 N–H and O–H groups in total. The van der Waals surface area contributed by atoms with Crippen molar-refractivity contribution in [3.8, 4) is 0 Å². The molecule has 3 heterocycles. The van der Waals surface area contributed by atoms with Gasteiger partial charge in [0.05, 0.1) is 6.10 Å². The lowest BCUT2D eigenvalue weighted by molar-refractivity contribution is 0.0914. The molecule has 0 radical (unpaired) electrons. The first-order valence-corrected chi connectivity index (χ1v) is 12.9. The first-order valence-electron chi connectivity index (χ1n) is 12.9. The van der Waals surface area contributed by atoms with Gasteiger partial charge in [-0.15, -0.1) is 0 Å². The molecule has 2 fully saturated rings. The normalized spacial score (nSPS) is 19.0. The number of nitrogens with zero attached hydrogens (tertiary/aromatic N) is 2. The second-order valence-corrected chi connectivity index (χ2v) is 9.62. The van der Waals surface area contributed by atoms with Gasteiger partial charge in [-0.25, -0.2) is 0 Å². The van der Waals surface area contributed by atoms with Gasteiger partial charge in [0.2, 0.25) is 5.43 Å². The van der Waals surface area contributed by atoms with Gasteiger partial charge in [0.1, 0.15) is 11.1 Å². The second-order valence-electron chi connectivity index (χ2n) is 9.62. The van der Waals surface area contributed by atoms with E-state index in [0.717, 1.165) is 44.1 Å². The summed E-state index contributed by atoms with van der Waals surface area (Å²) in [5.41, 5.74) is 0.525. The first kappa shape index (κ1) is 25.1. The summed E-state index contributed by atoms with van der Waals surface area (Å²) >= 11 is 0. The molecule has 1 saturated carbocycles. The summed E-state index contributed by atoms with van der Waals surface area (Å²) in [6.45, 7) is 1.59. The number of rotatable bonds is 8. The fourth-order valence-electron chi connectivity index (χ4n) is 4.91. The number of hydrogen-bond donors (Lipinski definition) is 2. The van der Waals surface area contributed by atoms with Crippen LogP contribution in [0.5, 0.6) is 0 Å². The molecule has 1 aliphatic carbocycles. The number of hydrogen-bond acceptors (Lipinski definition) is 5. The van der Waals surface area contributed by atoms with E-state index in [-0.39, 0.29) is 23.3 Å². The Kier molecular flexibility index (Phi) is 9.06. The molecule has 2 aromatic rings. The summed E-state index contributed by atoms with van der Waals surface area (Å²) in [7, 11) is 0. The lowest BCUT2D eigenvalue weighted by Crippen LogP contribution is -2.40. The van der Waals surface area contributed by atoms with Gasteiger partial charge in [-0.2, -0.15) is 0 Å². The highest BCUT2D eigenvalue weighted by atomic mass is 16.5. The van der Waals surface area contributed by atoms with E-state index in [4.69, 9.17) is 4.74 Å². The minimum atomic E-state index is -0.529. The third-order valence-corrected chi connectivity index (χ3v) is 6.90. The van der Waals surface area contributed by atoms with E-state index in [2.05, 4.69) is 15.6 Å². The van der Waals surface area contributed by atoms with Crippen molar-refractivity contribution in [2.24, 2.45) is 0 Å². The molecule has 1 atom stereocenters. The molecule has 2 aromatic heterocycles. The van der Waals surface area contributed by atoms with Crippen molar-refractivity contribution in [1.29, 1.82) is 0 Å². The second kappa shape index (κ2) is 12.6. The molecule has 1 unspecified atom stereocenters. The van der Waals surface area contributed by atoms with Crippen molar-refractivity contribution >= 4 is 11.8 Å². The van der Waals surface area contributed by atoms with Gasteiger partial charge in [0.25, 0.3) is 11.8 Å². The third-order valence-electron chi connectivity index (χ3n) is 6.90. The summed E-state index contributed by atoms with van der Waals surface area (Å²) in [4.78, 5) is 43.5. The zero-order valence-electron chi connectivity index (χ0n) is 20.3. The predicted molar refractivity (Wildman–Crippen MR) is 134 cm³/mol. The van der Waals surface area contributed by atoms with Crippen LogP contribution in [0, 0.1) is 0 Å².